The summed E-state index contributed by atoms with van der Waals surface area (Å²) in [7, 11) is 2.87. The van der Waals surface area contributed by atoms with Crippen LogP contribution in [0.1, 0.15) is 28.8 Å². The zero-order valence-electron chi connectivity index (χ0n) is 9.99. The van der Waals surface area contributed by atoms with E-state index in [-0.39, 0.29) is 6.54 Å². The molecule has 0 aliphatic rings. The fourth-order valence-corrected chi connectivity index (χ4v) is 1.34. The van der Waals surface area contributed by atoms with Crippen molar-refractivity contribution >= 4 is 5.97 Å². The Morgan fingerprint density at radius 2 is 2.19 bits per heavy atom. The monoisotopic (exact) mass is 227 g/mol. The van der Waals surface area contributed by atoms with E-state index in [1.54, 1.807) is 27.0 Å². The molecule has 0 aliphatic carbocycles. The molecule has 0 bridgehead atoms. The molecule has 1 aromatic heterocycles. The van der Waals surface area contributed by atoms with Crippen LogP contribution in [-0.4, -0.2) is 26.7 Å². The summed E-state index contributed by atoms with van der Waals surface area (Å²) in [4.78, 5) is 11.4. The Labute approximate surface area is 94.5 Å². The van der Waals surface area contributed by atoms with Crippen LogP contribution in [0.15, 0.2) is 10.5 Å². The minimum Gasteiger partial charge on any atom is -0.465 e. The maximum absolute atomic E-state index is 11.4. The minimum atomic E-state index is -0.725. The molecule has 0 radical (unpaired) electrons. The van der Waals surface area contributed by atoms with Gasteiger partial charge >= 0.3 is 5.97 Å². The van der Waals surface area contributed by atoms with Crippen LogP contribution in [0.2, 0.25) is 0 Å². The summed E-state index contributed by atoms with van der Waals surface area (Å²) in [5, 5.41) is 0. The van der Waals surface area contributed by atoms with Crippen LogP contribution in [0.5, 0.6) is 0 Å². The third-order valence-electron chi connectivity index (χ3n) is 2.68. The van der Waals surface area contributed by atoms with Crippen LogP contribution >= 0.6 is 0 Å². The topological polar surface area (TPSA) is 74.7 Å². The van der Waals surface area contributed by atoms with Gasteiger partial charge in [0.15, 0.2) is 0 Å². The normalized spacial score (nSPS) is 14.6. The van der Waals surface area contributed by atoms with Gasteiger partial charge in [0.1, 0.15) is 22.7 Å². The number of hydrogen-bond acceptors (Lipinski definition) is 5. The van der Waals surface area contributed by atoms with Gasteiger partial charge in [-0.25, -0.2) is 4.79 Å². The quantitative estimate of drug-likeness (QED) is 0.782. The Morgan fingerprint density at radius 1 is 1.56 bits per heavy atom. The number of nitrogens with two attached hydrogens (primary N) is 1. The van der Waals surface area contributed by atoms with Crippen LogP contribution in [0.3, 0.4) is 0 Å². The first-order valence-electron chi connectivity index (χ1n) is 4.93. The van der Waals surface area contributed by atoms with Crippen molar-refractivity contribution in [1.29, 1.82) is 0 Å². The third kappa shape index (κ3) is 2.10. The lowest BCUT2D eigenvalue weighted by Gasteiger charge is -2.23. The maximum atomic E-state index is 11.4. The molecule has 1 unspecified atom stereocenters. The molecule has 0 aliphatic heterocycles. The highest BCUT2D eigenvalue weighted by molar-refractivity contribution is 5.90. The Morgan fingerprint density at radius 3 is 2.62 bits per heavy atom. The van der Waals surface area contributed by atoms with E-state index in [2.05, 4.69) is 4.74 Å². The first-order valence-corrected chi connectivity index (χ1v) is 4.93. The van der Waals surface area contributed by atoms with Crippen molar-refractivity contribution in [3.8, 4) is 0 Å². The lowest BCUT2D eigenvalue weighted by molar-refractivity contribution is -0.00833. The van der Waals surface area contributed by atoms with Crippen LogP contribution in [0.4, 0.5) is 0 Å². The highest BCUT2D eigenvalue weighted by Crippen LogP contribution is 2.28. The lowest BCUT2D eigenvalue weighted by Crippen LogP contribution is -2.33. The standard InChI is InChI=1S/C11H17NO4/c1-7-8(10(13)14-3)5-9(16-7)11(2,6-12)15-4/h5H,6,12H2,1-4H3. The van der Waals surface area contributed by atoms with Crippen LogP contribution in [0.25, 0.3) is 0 Å². The fraction of sp³-hybridized carbons (Fsp3) is 0.545. The van der Waals surface area contributed by atoms with Gasteiger partial charge < -0.3 is 19.6 Å². The van der Waals surface area contributed by atoms with Gasteiger partial charge in [0, 0.05) is 13.7 Å². The number of furan rings is 1. The molecule has 90 valence electrons. The molecule has 0 aromatic carbocycles. The third-order valence-corrected chi connectivity index (χ3v) is 2.68. The second kappa shape index (κ2) is 4.67. The van der Waals surface area contributed by atoms with E-state index >= 15 is 0 Å². The second-order valence-corrected chi connectivity index (χ2v) is 3.71. The van der Waals surface area contributed by atoms with Gasteiger partial charge in [0.25, 0.3) is 0 Å². The molecular formula is C11H17NO4. The van der Waals surface area contributed by atoms with E-state index in [1.807, 2.05) is 0 Å². The van der Waals surface area contributed by atoms with E-state index in [9.17, 15) is 4.79 Å². The molecule has 1 rings (SSSR count). The summed E-state index contributed by atoms with van der Waals surface area (Å²) in [6, 6.07) is 1.61. The number of ether oxygens (including phenoxy) is 2. The summed E-state index contributed by atoms with van der Waals surface area (Å²) in [5.41, 5.74) is 5.29. The highest BCUT2D eigenvalue weighted by Gasteiger charge is 2.30. The average molecular weight is 227 g/mol. The van der Waals surface area contributed by atoms with Crippen molar-refractivity contribution in [3.05, 3.63) is 23.2 Å². The number of aryl methyl sites for hydroxylation is 1. The predicted molar refractivity (Wildman–Crippen MR) is 58.2 cm³/mol. The Bertz CT molecular complexity index is 379. The Balaban J connectivity index is 3.14. The first kappa shape index (κ1) is 12.7. The Hall–Kier alpha value is -1.33. The molecule has 1 aromatic rings. The minimum absolute atomic E-state index is 0.261. The molecule has 1 heterocycles. The number of hydrogen-bond donors (Lipinski definition) is 1. The van der Waals surface area contributed by atoms with Crippen molar-refractivity contribution in [1.82, 2.24) is 0 Å². The van der Waals surface area contributed by atoms with Gasteiger partial charge in [-0.1, -0.05) is 0 Å². The fourth-order valence-electron chi connectivity index (χ4n) is 1.34. The van der Waals surface area contributed by atoms with Gasteiger partial charge in [-0.05, 0) is 19.9 Å². The molecule has 5 nitrogen and oxygen atoms in total. The molecule has 0 saturated carbocycles. The van der Waals surface area contributed by atoms with Crippen molar-refractivity contribution in [2.24, 2.45) is 5.73 Å². The molecule has 0 saturated heterocycles. The number of carbonyl (C=O) groups is 1. The number of esters is 1. The predicted octanol–water partition coefficient (Wildman–Crippen LogP) is 1.19. The molecule has 0 spiro atoms. The van der Waals surface area contributed by atoms with E-state index in [4.69, 9.17) is 14.9 Å². The van der Waals surface area contributed by atoms with E-state index in [0.29, 0.717) is 17.1 Å². The molecule has 16 heavy (non-hydrogen) atoms. The first-order chi connectivity index (χ1) is 7.48. The zero-order valence-corrected chi connectivity index (χ0v) is 9.99. The van der Waals surface area contributed by atoms with Crippen LogP contribution in [0, 0.1) is 6.92 Å². The summed E-state index contributed by atoms with van der Waals surface area (Å²) >= 11 is 0. The average Bonchev–Trinajstić information content (AvgIpc) is 2.69. The van der Waals surface area contributed by atoms with Crippen molar-refractivity contribution in [3.63, 3.8) is 0 Å². The van der Waals surface area contributed by atoms with Crippen LogP contribution < -0.4 is 5.73 Å². The summed E-state index contributed by atoms with van der Waals surface area (Å²) in [6.07, 6.45) is 0. The molecule has 2 N–H and O–H groups in total. The van der Waals surface area contributed by atoms with Gasteiger partial charge in [-0.15, -0.1) is 0 Å². The maximum Gasteiger partial charge on any atom is 0.341 e. The SMILES string of the molecule is COC(=O)c1cc(C(C)(CN)OC)oc1C. The molecule has 5 heteroatoms. The van der Waals surface area contributed by atoms with Crippen LogP contribution in [-0.2, 0) is 15.1 Å². The Kier molecular flexibility index (Phi) is 3.72. The van der Waals surface area contributed by atoms with Crippen molar-refractivity contribution in [2.75, 3.05) is 20.8 Å². The van der Waals surface area contributed by atoms with Gasteiger partial charge in [0.2, 0.25) is 0 Å². The summed E-state index contributed by atoms with van der Waals surface area (Å²) in [6.45, 7) is 3.76. The highest BCUT2D eigenvalue weighted by atomic mass is 16.5. The number of rotatable bonds is 4. The molecular weight excluding hydrogens is 210 g/mol. The van der Waals surface area contributed by atoms with Crippen molar-refractivity contribution < 1.29 is 18.7 Å². The van der Waals surface area contributed by atoms with E-state index in [0.717, 1.165) is 0 Å². The molecule has 0 fully saturated rings. The van der Waals surface area contributed by atoms with Gasteiger partial charge in [-0.2, -0.15) is 0 Å². The van der Waals surface area contributed by atoms with Gasteiger partial charge in [-0.3, -0.25) is 0 Å². The van der Waals surface area contributed by atoms with Gasteiger partial charge in [0.05, 0.1) is 7.11 Å². The largest absolute Gasteiger partial charge is 0.465 e. The van der Waals surface area contributed by atoms with E-state index in [1.165, 1.54) is 7.11 Å². The lowest BCUT2D eigenvalue weighted by atomic mass is 10.0. The molecule has 0 amide bonds. The second-order valence-electron chi connectivity index (χ2n) is 3.71. The smallest absolute Gasteiger partial charge is 0.341 e. The number of carbonyl (C=O) groups excluding carboxylic acids is 1. The number of methoxy groups -OCH3 is 2. The van der Waals surface area contributed by atoms with Crippen molar-refractivity contribution in [2.45, 2.75) is 19.4 Å². The molecule has 1 atom stereocenters. The van der Waals surface area contributed by atoms with E-state index < -0.39 is 11.6 Å². The summed E-state index contributed by atoms with van der Waals surface area (Å²) in [5.74, 6) is 0.594. The summed E-state index contributed by atoms with van der Waals surface area (Å²) < 4.78 is 15.4. The zero-order chi connectivity index (χ0) is 12.3.